The molecule has 1 aromatic heterocycles. The second-order valence-corrected chi connectivity index (χ2v) is 8.28. The first-order valence-corrected chi connectivity index (χ1v) is 10.2. The zero-order chi connectivity index (χ0) is 19.6. The lowest BCUT2D eigenvalue weighted by Crippen LogP contribution is -2.41. The SMILES string of the molecule is CC(C)CCNC(=O)c1ccc(N2CCC3(C=Cc4ccccc43)CC2)nn1. The Labute approximate surface area is 166 Å². The molecule has 4 rings (SSSR count). The first-order valence-electron chi connectivity index (χ1n) is 10.2. The Hall–Kier alpha value is -2.69. The van der Waals surface area contributed by atoms with Crippen molar-refractivity contribution < 1.29 is 4.79 Å². The van der Waals surface area contributed by atoms with Gasteiger partial charge in [0.05, 0.1) is 0 Å². The Morgan fingerprint density at radius 1 is 1.14 bits per heavy atom. The summed E-state index contributed by atoms with van der Waals surface area (Å²) in [5.74, 6) is 1.27. The van der Waals surface area contributed by atoms with Crippen LogP contribution in [0.3, 0.4) is 0 Å². The number of hydrogen-bond donors (Lipinski definition) is 1. The van der Waals surface area contributed by atoms with Crippen LogP contribution in [-0.4, -0.2) is 35.7 Å². The average Bonchev–Trinajstić information content (AvgIpc) is 3.07. The Balaban J connectivity index is 1.37. The zero-order valence-corrected chi connectivity index (χ0v) is 16.7. The van der Waals surface area contributed by atoms with E-state index >= 15 is 0 Å². The van der Waals surface area contributed by atoms with Gasteiger partial charge in [0.15, 0.2) is 11.5 Å². The first-order chi connectivity index (χ1) is 13.6. The molecule has 1 amide bonds. The summed E-state index contributed by atoms with van der Waals surface area (Å²) < 4.78 is 0. The van der Waals surface area contributed by atoms with Gasteiger partial charge in [0.2, 0.25) is 0 Å². The summed E-state index contributed by atoms with van der Waals surface area (Å²) >= 11 is 0. The van der Waals surface area contributed by atoms with Crippen molar-refractivity contribution in [2.45, 2.75) is 38.5 Å². The van der Waals surface area contributed by atoms with E-state index in [1.165, 1.54) is 11.1 Å². The molecule has 1 spiro atoms. The molecule has 1 aromatic carbocycles. The predicted octanol–water partition coefficient (Wildman–Crippen LogP) is 3.82. The van der Waals surface area contributed by atoms with Crippen molar-refractivity contribution in [2.75, 3.05) is 24.5 Å². The number of fused-ring (bicyclic) bond motifs is 2. The van der Waals surface area contributed by atoms with E-state index in [2.05, 4.69) is 70.7 Å². The number of carbonyl (C=O) groups excluding carboxylic acids is 1. The minimum Gasteiger partial charge on any atom is -0.355 e. The Kier molecular flexibility index (Phi) is 5.16. The lowest BCUT2D eigenvalue weighted by Gasteiger charge is -2.39. The lowest BCUT2D eigenvalue weighted by molar-refractivity contribution is 0.0946. The van der Waals surface area contributed by atoms with E-state index in [4.69, 9.17) is 0 Å². The summed E-state index contributed by atoms with van der Waals surface area (Å²) in [6.07, 6.45) is 7.74. The number of rotatable bonds is 5. The van der Waals surface area contributed by atoms with Gasteiger partial charge in [0.25, 0.3) is 5.91 Å². The van der Waals surface area contributed by atoms with E-state index in [1.54, 1.807) is 6.07 Å². The third kappa shape index (κ3) is 3.66. The molecule has 1 saturated heterocycles. The molecule has 0 atom stereocenters. The third-order valence-corrected chi connectivity index (χ3v) is 5.95. The fraction of sp³-hybridized carbons (Fsp3) is 0.435. The van der Waals surface area contributed by atoms with E-state index in [1.807, 2.05) is 6.07 Å². The van der Waals surface area contributed by atoms with Crippen LogP contribution in [0.15, 0.2) is 42.5 Å². The van der Waals surface area contributed by atoms with Gasteiger partial charge in [-0.25, -0.2) is 0 Å². The van der Waals surface area contributed by atoms with E-state index in [-0.39, 0.29) is 11.3 Å². The van der Waals surface area contributed by atoms with Gasteiger partial charge >= 0.3 is 0 Å². The molecule has 5 heteroatoms. The number of piperidine rings is 1. The number of hydrogen-bond acceptors (Lipinski definition) is 4. The van der Waals surface area contributed by atoms with Crippen LogP contribution < -0.4 is 10.2 Å². The standard InChI is InChI=1S/C23H28N4O/c1-17(2)10-14-24-22(28)20-7-8-21(26-25-20)27-15-12-23(13-16-27)11-9-18-5-3-4-6-19(18)23/h3-9,11,17H,10,12-16H2,1-2H3,(H,24,28). The fourth-order valence-electron chi connectivity index (χ4n) is 4.19. The van der Waals surface area contributed by atoms with Crippen LogP contribution in [0.4, 0.5) is 5.82 Å². The molecule has 0 radical (unpaired) electrons. The van der Waals surface area contributed by atoms with Crippen LogP contribution >= 0.6 is 0 Å². The van der Waals surface area contributed by atoms with Crippen molar-refractivity contribution in [3.63, 3.8) is 0 Å². The Bertz CT molecular complexity index is 864. The quantitative estimate of drug-likeness (QED) is 0.862. The minimum atomic E-state index is -0.148. The lowest BCUT2D eigenvalue weighted by atomic mass is 9.74. The predicted molar refractivity (Wildman–Crippen MR) is 112 cm³/mol. The van der Waals surface area contributed by atoms with Crippen LogP contribution in [0, 0.1) is 5.92 Å². The zero-order valence-electron chi connectivity index (χ0n) is 16.7. The number of aromatic nitrogens is 2. The molecule has 0 bridgehead atoms. The maximum Gasteiger partial charge on any atom is 0.271 e. The molecule has 5 nitrogen and oxygen atoms in total. The number of anilines is 1. The van der Waals surface area contributed by atoms with Crippen molar-refractivity contribution in [3.8, 4) is 0 Å². The fourth-order valence-corrected chi connectivity index (χ4v) is 4.19. The molecule has 2 aromatic rings. The molecule has 1 fully saturated rings. The average molecular weight is 377 g/mol. The van der Waals surface area contributed by atoms with Gasteiger partial charge < -0.3 is 10.2 Å². The molecule has 1 aliphatic carbocycles. The van der Waals surface area contributed by atoms with Gasteiger partial charge in [-0.05, 0) is 48.4 Å². The van der Waals surface area contributed by atoms with Crippen molar-refractivity contribution in [3.05, 3.63) is 59.3 Å². The summed E-state index contributed by atoms with van der Waals surface area (Å²) in [7, 11) is 0. The molecular weight excluding hydrogens is 348 g/mol. The van der Waals surface area contributed by atoms with Crippen molar-refractivity contribution >= 4 is 17.8 Å². The van der Waals surface area contributed by atoms with Gasteiger partial charge in [-0.15, -0.1) is 10.2 Å². The topological polar surface area (TPSA) is 58.1 Å². The second kappa shape index (κ2) is 7.74. The second-order valence-electron chi connectivity index (χ2n) is 8.28. The van der Waals surface area contributed by atoms with Crippen LogP contribution in [0.5, 0.6) is 0 Å². The highest BCUT2D eigenvalue weighted by Crippen LogP contribution is 2.43. The maximum absolute atomic E-state index is 12.2. The summed E-state index contributed by atoms with van der Waals surface area (Å²) in [5, 5.41) is 11.4. The first kappa shape index (κ1) is 18.7. The number of carbonyl (C=O) groups is 1. The normalized spacial score (nSPS) is 17.2. The smallest absolute Gasteiger partial charge is 0.271 e. The van der Waals surface area contributed by atoms with Crippen LogP contribution in [0.1, 0.15) is 54.7 Å². The van der Waals surface area contributed by atoms with Gasteiger partial charge in [-0.1, -0.05) is 50.3 Å². The number of nitrogens with zero attached hydrogens (tertiary/aromatic N) is 3. The van der Waals surface area contributed by atoms with Crippen molar-refractivity contribution in [1.82, 2.24) is 15.5 Å². The summed E-state index contributed by atoms with van der Waals surface area (Å²) in [5.41, 5.74) is 3.35. The number of benzene rings is 1. The summed E-state index contributed by atoms with van der Waals surface area (Å²) in [6.45, 7) is 6.83. The highest BCUT2D eigenvalue weighted by molar-refractivity contribution is 5.92. The van der Waals surface area contributed by atoms with E-state index in [9.17, 15) is 4.79 Å². The van der Waals surface area contributed by atoms with Gasteiger partial charge in [-0.2, -0.15) is 0 Å². The van der Waals surface area contributed by atoms with Crippen LogP contribution in [0.25, 0.3) is 6.08 Å². The molecule has 1 aliphatic heterocycles. The molecule has 0 unspecified atom stereocenters. The maximum atomic E-state index is 12.2. The highest BCUT2D eigenvalue weighted by Gasteiger charge is 2.38. The van der Waals surface area contributed by atoms with E-state index < -0.39 is 0 Å². The molecule has 2 heterocycles. The largest absolute Gasteiger partial charge is 0.355 e. The van der Waals surface area contributed by atoms with Gasteiger partial charge in [0.1, 0.15) is 0 Å². The third-order valence-electron chi connectivity index (χ3n) is 5.95. The van der Waals surface area contributed by atoms with Crippen LogP contribution in [0.2, 0.25) is 0 Å². The summed E-state index contributed by atoms with van der Waals surface area (Å²) in [6, 6.07) is 12.4. The number of allylic oxidation sites excluding steroid dienone is 1. The molecule has 146 valence electrons. The van der Waals surface area contributed by atoms with Crippen LogP contribution in [-0.2, 0) is 5.41 Å². The molecular formula is C23H28N4O. The van der Waals surface area contributed by atoms with E-state index in [0.29, 0.717) is 18.2 Å². The summed E-state index contributed by atoms with van der Waals surface area (Å²) in [4.78, 5) is 14.4. The number of nitrogens with one attached hydrogen (secondary N) is 1. The van der Waals surface area contributed by atoms with Crippen molar-refractivity contribution in [1.29, 1.82) is 0 Å². The van der Waals surface area contributed by atoms with Gasteiger partial charge in [0, 0.05) is 25.0 Å². The molecule has 1 N–H and O–H groups in total. The van der Waals surface area contributed by atoms with Gasteiger partial charge in [-0.3, -0.25) is 4.79 Å². The van der Waals surface area contributed by atoms with E-state index in [0.717, 1.165) is 38.2 Å². The molecule has 2 aliphatic rings. The Morgan fingerprint density at radius 3 is 2.64 bits per heavy atom. The number of amides is 1. The Morgan fingerprint density at radius 2 is 1.93 bits per heavy atom. The monoisotopic (exact) mass is 376 g/mol. The molecule has 0 saturated carbocycles. The highest BCUT2D eigenvalue weighted by atomic mass is 16.1. The molecule has 28 heavy (non-hydrogen) atoms. The van der Waals surface area contributed by atoms with Crippen molar-refractivity contribution in [2.24, 2.45) is 5.92 Å². The minimum absolute atomic E-state index is 0.148.